The molecule has 0 saturated heterocycles. The molecule has 0 spiro atoms. The Morgan fingerprint density at radius 3 is 2.71 bits per heavy atom. The Labute approximate surface area is 83.8 Å². The SMILES string of the molecule is Cc1nn(CCCC#N)c(C)c1CO. The lowest BCUT2D eigenvalue weighted by Gasteiger charge is -2.02. The highest BCUT2D eigenvalue weighted by atomic mass is 16.3. The number of nitrogens with zero attached hydrogens (tertiary/aromatic N) is 3. The molecule has 14 heavy (non-hydrogen) atoms. The van der Waals surface area contributed by atoms with Gasteiger partial charge in [0.05, 0.1) is 18.4 Å². The summed E-state index contributed by atoms with van der Waals surface area (Å²) in [7, 11) is 0. The van der Waals surface area contributed by atoms with Crippen molar-refractivity contribution in [2.75, 3.05) is 0 Å². The fourth-order valence-corrected chi connectivity index (χ4v) is 1.49. The molecule has 76 valence electrons. The van der Waals surface area contributed by atoms with Crippen LogP contribution in [0, 0.1) is 25.2 Å². The summed E-state index contributed by atoms with van der Waals surface area (Å²) < 4.78 is 1.86. The minimum Gasteiger partial charge on any atom is -0.392 e. The lowest BCUT2D eigenvalue weighted by Crippen LogP contribution is -2.02. The Bertz CT molecular complexity index is 349. The molecule has 0 aromatic carbocycles. The van der Waals surface area contributed by atoms with Crippen molar-refractivity contribution in [1.29, 1.82) is 5.26 Å². The zero-order valence-corrected chi connectivity index (χ0v) is 8.62. The Kier molecular flexibility index (Phi) is 3.66. The number of unbranched alkanes of at least 4 members (excludes halogenated alkanes) is 1. The highest BCUT2D eigenvalue weighted by Gasteiger charge is 2.09. The van der Waals surface area contributed by atoms with E-state index in [9.17, 15) is 0 Å². The number of aliphatic hydroxyl groups is 1. The Balaban J connectivity index is 2.74. The van der Waals surface area contributed by atoms with Gasteiger partial charge in [0, 0.05) is 24.2 Å². The smallest absolute Gasteiger partial charge is 0.0718 e. The van der Waals surface area contributed by atoms with Gasteiger partial charge in [-0.15, -0.1) is 0 Å². The van der Waals surface area contributed by atoms with Crippen molar-refractivity contribution < 1.29 is 5.11 Å². The van der Waals surface area contributed by atoms with E-state index < -0.39 is 0 Å². The number of aromatic nitrogens is 2. The molecule has 0 aliphatic rings. The van der Waals surface area contributed by atoms with Gasteiger partial charge in [-0.05, 0) is 20.3 Å². The predicted molar refractivity (Wildman–Crippen MR) is 52.5 cm³/mol. The Hall–Kier alpha value is -1.34. The van der Waals surface area contributed by atoms with Gasteiger partial charge in [-0.2, -0.15) is 10.4 Å². The third kappa shape index (κ3) is 2.12. The number of rotatable bonds is 4. The molecular formula is C10H15N3O. The first-order valence-electron chi connectivity index (χ1n) is 4.71. The first-order valence-corrected chi connectivity index (χ1v) is 4.71. The number of aliphatic hydroxyl groups excluding tert-OH is 1. The molecule has 0 radical (unpaired) electrons. The topological polar surface area (TPSA) is 61.8 Å². The van der Waals surface area contributed by atoms with E-state index in [2.05, 4.69) is 11.2 Å². The van der Waals surface area contributed by atoms with E-state index in [-0.39, 0.29) is 6.61 Å². The molecule has 0 fully saturated rings. The molecule has 1 aromatic rings. The summed E-state index contributed by atoms with van der Waals surface area (Å²) in [5, 5.41) is 21.8. The van der Waals surface area contributed by atoms with Gasteiger partial charge >= 0.3 is 0 Å². The summed E-state index contributed by atoms with van der Waals surface area (Å²) >= 11 is 0. The highest BCUT2D eigenvalue weighted by molar-refractivity contribution is 5.23. The second-order valence-corrected chi connectivity index (χ2v) is 3.29. The maximum atomic E-state index is 9.08. The lowest BCUT2D eigenvalue weighted by molar-refractivity contribution is 0.280. The molecule has 0 atom stereocenters. The fourth-order valence-electron chi connectivity index (χ4n) is 1.49. The first-order chi connectivity index (χ1) is 6.70. The quantitative estimate of drug-likeness (QED) is 0.733. The van der Waals surface area contributed by atoms with Crippen molar-refractivity contribution in [2.24, 2.45) is 0 Å². The molecule has 1 aromatic heterocycles. The largest absolute Gasteiger partial charge is 0.392 e. The maximum Gasteiger partial charge on any atom is 0.0718 e. The molecule has 0 saturated carbocycles. The first kappa shape index (κ1) is 10.7. The van der Waals surface area contributed by atoms with E-state index in [1.165, 1.54) is 0 Å². The molecule has 1 rings (SSSR count). The van der Waals surface area contributed by atoms with E-state index in [4.69, 9.17) is 10.4 Å². The van der Waals surface area contributed by atoms with Crippen molar-refractivity contribution in [3.63, 3.8) is 0 Å². The molecular weight excluding hydrogens is 178 g/mol. The molecule has 1 heterocycles. The average molecular weight is 193 g/mol. The molecule has 4 nitrogen and oxygen atoms in total. The van der Waals surface area contributed by atoms with Gasteiger partial charge in [-0.1, -0.05) is 0 Å². The van der Waals surface area contributed by atoms with Crippen molar-refractivity contribution in [3.05, 3.63) is 17.0 Å². The van der Waals surface area contributed by atoms with E-state index >= 15 is 0 Å². The zero-order valence-electron chi connectivity index (χ0n) is 8.62. The average Bonchev–Trinajstić information content (AvgIpc) is 2.42. The van der Waals surface area contributed by atoms with E-state index in [0.717, 1.165) is 29.9 Å². The number of aryl methyl sites for hydroxylation is 2. The predicted octanol–water partition coefficient (Wildman–Crippen LogP) is 1.30. The van der Waals surface area contributed by atoms with Crippen molar-refractivity contribution in [2.45, 2.75) is 39.8 Å². The number of nitriles is 1. The number of hydrogen-bond donors (Lipinski definition) is 1. The third-order valence-electron chi connectivity index (χ3n) is 2.35. The maximum absolute atomic E-state index is 9.08. The fraction of sp³-hybridized carbons (Fsp3) is 0.600. The molecule has 1 N–H and O–H groups in total. The van der Waals surface area contributed by atoms with Crippen molar-refractivity contribution >= 4 is 0 Å². The van der Waals surface area contributed by atoms with E-state index in [1.54, 1.807) is 0 Å². The second-order valence-electron chi connectivity index (χ2n) is 3.29. The zero-order chi connectivity index (χ0) is 10.6. The van der Waals surface area contributed by atoms with Gasteiger partial charge in [-0.3, -0.25) is 4.68 Å². The van der Waals surface area contributed by atoms with Crippen LogP contribution in [0.4, 0.5) is 0 Å². The van der Waals surface area contributed by atoms with Gasteiger partial charge in [0.2, 0.25) is 0 Å². The van der Waals surface area contributed by atoms with Crippen LogP contribution in [0.1, 0.15) is 29.8 Å². The minimum atomic E-state index is 0.0376. The van der Waals surface area contributed by atoms with Gasteiger partial charge in [0.25, 0.3) is 0 Å². The third-order valence-corrected chi connectivity index (χ3v) is 2.35. The van der Waals surface area contributed by atoms with Crippen molar-refractivity contribution in [1.82, 2.24) is 9.78 Å². The highest BCUT2D eigenvalue weighted by Crippen LogP contribution is 2.13. The van der Waals surface area contributed by atoms with E-state index in [0.29, 0.717) is 6.42 Å². The van der Waals surface area contributed by atoms with Gasteiger partial charge < -0.3 is 5.11 Å². The molecule has 4 heteroatoms. The van der Waals surface area contributed by atoms with Crippen LogP contribution in [0.5, 0.6) is 0 Å². The van der Waals surface area contributed by atoms with Crippen LogP contribution in [0.25, 0.3) is 0 Å². The summed E-state index contributed by atoms with van der Waals surface area (Å²) in [6, 6.07) is 2.10. The van der Waals surface area contributed by atoms with Gasteiger partial charge in [0.1, 0.15) is 0 Å². The number of hydrogen-bond acceptors (Lipinski definition) is 3. The molecule has 0 aliphatic heterocycles. The van der Waals surface area contributed by atoms with Crippen LogP contribution in [0.2, 0.25) is 0 Å². The van der Waals surface area contributed by atoms with Crippen LogP contribution in [-0.2, 0) is 13.2 Å². The standard InChI is InChI=1S/C10H15N3O/c1-8-10(7-14)9(2)13(12-8)6-4-3-5-11/h14H,3-4,6-7H2,1-2H3. The molecule has 0 aliphatic carbocycles. The van der Waals surface area contributed by atoms with Crippen LogP contribution in [0.3, 0.4) is 0 Å². The summed E-state index contributed by atoms with van der Waals surface area (Å²) in [5.41, 5.74) is 2.78. The van der Waals surface area contributed by atoms with E-state index in [1.807, 2.05) is 18.5 Å². The summed E-state index contributed by atoms with van der Waals surface area (Å²) in [6.07, 6.45) is 1.36. The summed E-state index contributed by atoms with van der Waals surface area (Å²) in [4.78, 5) is 0. The monoisotopic (exact) mass is 193 g/mol. The lowest BCUT2D eigenvalue weighted by atomic mass is 10.2. The van der Waals surface area contributed by atoms with Crippen LogP contribution < -0.4 is 0 Å². The van der Waals surface area contributed by atoms with Gasteiger partial charge in [-0.25, -0.2) is 0 Å². The Morgan fingerprint density at radius 1 is 1.50 bits per heavy atom. The molecule has 0 bridgehead atoms. The van der Waals surface area contributed by atoms with Crippen molar-refractivity contribution in [3.8, 4) is 6.07 Å². The summed E-state index contributed by atoms with van der Waals surface area (Å²) in [6.45, 7) is 4.62. The molecule has 0 amide bonds. The summed E-state index contributed by atoms with van der Waals surface area (Å²) in [5.74, 6) is 0. The van der Waals surface area contributed by atoms with Crippen LogP contribution in [-0.4, -0.2) is 14.9 Å². The Morgan fingerprint density at radius 2 is 2.21 bits per heavy atom. The second kappa shape index (κ2) is 4.77. The normalized spacial score (nSPS) is 10.1. The van der Waals surface area contributed by atoms with Gasteiger partial charge in [0.15, 0.2) is 0 Å². The minimum absolute atomic E-state index is 0.0376. The van der Waals surface area contributed by atoms with Crippen LogP contribution >= 0.6 is 0 Å². The van der Waals surface area contributed by atoms with Crippen LogP contribution in [0.15, 0.2) is 0 Å². The molecule has 0 unspecified atom stereocenters.